The van der Waals surface area contributed by atoms with Gasteiger partial charge in [-0.3, -0.25) is 4.79 Å². The summed E-state index contributed by atoms with van der Waals surface area (Å²) in [6.07, 6.45) is 1.12. The van der Waals surface area contributed by atoms with Crippen LogP contribution in [0.5, 0.6) is 0 Å². The van der Waals surface area contributed by atoms with Gasteiger partial charge in [-0.05, 0) is 35.6 Å². The highest BCUT2D eigenvalue weighted by Crippen LogP contribution is 2.29. The van der Waals surface area contributed by atoms with Crippen LogP contribution in [0.1, 0.15) is 34.8 Å². The van der Waals surface area contributed by atoms with Crippen LogP contribution in [-0.2, 0) is 13.1 Å². The molecule has 1 aromatic carbocycles. The van der Waals surface area contributed by atoms with Crippen LogP contribution in [0.15, 0.2) is 18.2 Å². The van der Waals surface area contributed by atoms with Crippen LogP contribution in [0, 0.1) is 5.92 Å². The average molecular weight is 216 g/mol. The summed E-state index contributed by atoms with van der Waals surface area (Å²) < 4.78 is 0. The topological polar surface area (TPSA) is 41.1 Å². The minimum atomic E-state index is 0.0732. The predicted molar refractivity (Wildman–Crippen MR) is 62.0 cm³/mol. The molecule has 0 bridgehead atoms. The van der Waals surface area contributed by atoms with E-state index in [-0.39, 0.29) is 5.91 Å². The third kappa shape index (κ3) is 1.71. The maximum atomic E-state index is 11.9. The minimum Gasteiger partial charge on any atom is -0.349 e. The van der Waals surface area contributed by atoms with Crippen molar-refractivity contribution in [2.45, 2.75) is 32.5 Å². The van der Waals surface area contributed by atoms with Crippen molar-refractivity contribution in [3.05, 3.63) is 34.9 Å². The van der Waals surface area contributed by atoms with E-state index in [9.17, 15) is 4.79 Å². The molecule has 1 amide bonds. The molecule has 1 heterocycles. The van der Waals surface area contributed by atoms with Gasteiger partial charge in [0.2, 0.25) is 0 Å². The Kier molecular flexibility index (Phi) is 2.21. The van der Waals surface area contributed by atoms with Gasteiger partial charge in [0, 0.05) is 24.7 Å². The Bertz CT molecular complexity index is 442. The highest BCUT2D eigenvalue weighted by atomic mass is 16.1. The maximum Gasteiger partial charge on any atom is 0.251 e. The number of carbonyl (C=O) groups is 1. The number of carbonyl (C=O) groups excluding carboxylic acids is 1. The van der Waals surface area contributed by atoms with Crippen LogP contribution in [0.3, 0.4) is 0 Å². The van der Waals surface area contributed by atoms with Gasteiger partial charge in [-0.1, -0.05) is 13.0 Å². The third-order valence-corrected chi connectivity index (χ3v) is 3.53. The van der Waals surface area contributed by atoms with E-state index in [1.54, 1.807) is 0 Å². The fourth-order valence-corrected chi connectivity index (χ4v) is 2.21. The molecule has 1 saturated carbocycles. The Hall–Kier alpha value is -1.35. The van der Waals surface area contributed by atoms with E-state index in [4.69, 9.17) is 0 Å². The molecule has 2 N–H and O–H groups in total. The van der Waals surface area contributed by atoms with Gasteiger partial charge in [0.15, 0.2) is 0 Å². The normalized spacial score (nSPS) is 26.3. The Labute approximate surface area is 95.2 Å². The van der Waals surface area contributed by atoms with Gasteiger partial charge in [0.25, 0.3) is 5.91 Å². The van der Waals surface area contributed by atoms with E-state index in [1.165, 1.54) is 11.1 Å². The molecular weight excluding hydrogens is 200 g/mol. The number of hydrogen-bond acceptors (Lipinski definition) is 2. The van der Waals surface area contributed by atoms with Gasteiger partial charge in [-0.25, -0.2) is 0 Å². The zero-order valence-corrected chi connectivity index (χ0v) is 9.42. The molecule has 16 heavy (non-hydrogen) atoms. The molecule has 84 valence electrons. The number of rotatable bonds is 2. The van der Waals surface area contributed by atoms with Crippen molar-refractivity contribution < 1.29 is 4.79 Å². The third-order valence-electron chi connectivity index (χ3n) is 3.53. The van der Waals surface area contributed by atoms with Crippen LogP contribution in [0.25, 0.3) is 0 Å². The fraction of sp³-hybridized carbons (Fsp3) is 0.462. The minimum absolute atomic E-state index is 0.0732. The molecule has 3 heteroatoms. The van der Waals surface area contributed by atoms with Gasteiger partial charge in [0.05, 0.1) is 0 Å². The van der Waals surface area contributed by atoms with Crippen LogP contribution in [0.4, 0.5) is 0 Å². The molecule has 1 fully saturated rings. The van der Waals surface area contributed by atoms with Crippen molar-refractivity contribution in [1.82, 2.24) is 10.6 Å². The number of amides is 1. The molecule has 1 aromatic rings. The van der Waals surface area contributed by atoms with Crippen molar-refractivity contribution in [2.24, 2.45) is 5.92 Å². The van der Waals surface area contributed by atoms with Crippen molar-refractivity contribution >= 4 is 5.91 Å². The molecule has 1 aliphatic carbocycles. The maximum absolute atomic E-state index is 11.9. The average Bonchev–Trinajstić information content (AvgIpc) is 2.81. The van der Waals surface area contributed by atoms with Gasteiger partial charge in [0.1, 0.15) is 0 Å². The molecule has 2 unspecified atom stereocenters. The summed E-state index contributed by atoms with van der Waals surface area (Å²) >= 11 is 0. The number of fused-ring (bicyclic) bond motifs is 1. The molecule has 2 atom stereocenters. The smallest absolute Gasteiger partial charge is 0.251 e. The standard InChI is InChI=1S/C13H16N2O/c1-8-4-12(8)15-13(16)9-2-3-10-6-14-7-11(10)5-9/h2-3,5,8,12,14H,4,6-7H2,1H3,(H,15,16). The van der Waals surface area contributed by atoms with E-state index in [2.05, 4.69) is 23.6 Å². The highest BCUT2D eigenvalue weighted by Gasteiger charge is 2.34. The summed E-state index contributed by atoms with van der Waals surface area (Å²) in [7, 11) is 0. The second-order valence-electron chi connectivity index (χ2n) is 4.88. The SMILES string of the molecule is CC1CC1NC(=O)c1ccc2c(c1)CNC2. The fourth-order valence-electron chi connectivity index (χ4n) is 2.21. The van der Waals surface area contributed by atoms with E-state index in [0.29, 0.717) is 12.0 Å². The molecule has 0 saturated heterocycles. The molecule has 0 spiro atoms. The van der Waals surface area contributed by atoms with E-state index >= 15 is 0 Å². The first-order valence-electron chi connectivity index (χ1n) is 5.87. The van der Waals surface area contributed by atoms with E-state index in [1.807, 2.05) is 12.1 Å². The molecule has 0 radical (unpaired) electrons. The number of hydrogen-bond donors (Lipinski definition) is 2. The van der Waals surface area contributed by atoms with Crippen LogP contribution >= 0.6 is 0 Å². The van der Waals surface area contributed by atoms with Crippen LogP contribution < -0.4 is 10.6 Å². The van der Waals surface area contributed by atoms with Crippen molar-refractivity contribution in [3.8, 4) is 0 Å². The number of benzene rings is 1. The van der Waals surface area contributed by atoms with Crippen LogP contribution in [-0.4, -0.2) is 11.9 Å². The summed E-state index contributed by atoms with van der Waals surface area (Å²) in [5, 5.41) is 6.33. The Morgan fingerprint density at radius 1 is 1.38 bits per heavy atom. The van der Waals surface area contributed by atoms with Gasteiger partial charge >= 0.3 is 0 Å². The first-order valence-corrected chi connectivity index (χ1v) is 5.87. The molecule has 1 aliphatic heterocycles. The van der Waals surface area contributed by atoms with Gasteiger partial charge < -0.3 is 10.6 Å². The second kappa shape index (κ2) is 3.59. The van der Waals surface area contributed by atoms with Crippen molar-refractivity contribution in [3.63, 3.8) is 0 Å². The first-order chi connectivity index (χ1) is 7.74. The summed E-state index contributed by atoms with van der Waals surface area (Å²) in [6.45, 7) is 3.98. The molecular formula is C13H16N2O. The zero-order valence-electron chi connectivity index (χ0n) is 9.42. The summed E-state index contributed by atoms with van der Waals surface area (Å²) in [6, 6.07) is 6.39. The van der Waals surface area contributed by atoms with Crippen molar-refractivity contribution in [1.29, 1.82) is 0 Å². The molecule has 0 aromatic heterocycles. The van der Waals surface area contributed by atoms with E-state index < -0.39 is 0 Å². The van der Waals surface area contributed by atoms with Crippen molar-refractivity contribution in [2.75, 3.05) is 0 Å². The Balaban J connectivity index is 1.76. The largest absolute Gasteiger partial charge is 0.349 e. The van der Waals surface area contributed by atoms with Gasteiger partial charge in [-0.2, -0.15) is 0 Å². The summed E-state index contributed by atoms with van der Waals surface area (Å²) in [4.78, 5) is 11.9. The quantitative estimate of drug-likeness (QED) is 0.785. The Morgan fingerprint density at radius 3 is 2.88 bits per heavy atom. The summed E-state index contributed by atoms with van der Waals surface area (Å²) in [5.74, 6) is 0.726. The lowest BCUT2D eigenvalue weighted by Crippen LogP contribution is -2.26. The number of nitrogens with one attached hydrogen (secondary N) is 2. The lowest BCUT2D eigenvalue weighted by molar-refractivity contribution is 0.0949. The zero-order chi connectivity index (χ0) is 11.1. The van der Waals surface area contributed by atoms with E-state index in [0.717, 1.165) is 25.1 Å². The lowest BCUT2D eigenvalue weighted by atomic mass is 10.1. The summed E-state index contributed by atoms with van der Waals surface area (Å²) in [5.41, 5.74) is 3.37. The Morgan fingerprint density at radius 2 is 2.12 bits per heavy atom. The highest BCUT2D eigenvalue weighted by molar-refractivity contribution is 5.94. The lowest BCUT2D eigenvalue weighted by Gasteiger charge is -2.05. The molecule has 2 aliphatic rings. The first kappa shape index (κ1) is 9.85. The van der Waals surface area contributed by atoms with Gasteiger partial charge in [-0.15, -0.1) is 0 Å². The molecule has 3 rings (SSSR count). The monoisotopic (exact) mass is 216 g/mol. The predicted octanol–water partition coefficient (Wildman–Crippen LogP) is 1.43. The second-order valence-corrected chi connectivity index (χ2v) is 4.88. The van der Waals surface area contributed by atoms with Crippen LogP contribution in [0.2, 0.25) is 0 Å². The molecule has 3 nitrogen and oxygen atoms in total.